The minimum absolute atomic E-state index is 0.163. The van der Waals surface area contributed by atoms with Crippen molar-refractivity contribution in [1.29, 1.82) is 0 Å². The predicted molar refractivity (Wildman–Crippen MR) is 116 cm³/mol. The number of H-pyrrole nitrogens is 2. The van der Waals surface area contributed by atoms with Gasteiger partial charge < -0.3 is 19.4 Å². The van der Waals surface area contributed by atoms with E-state index in [-0.39, 0.29) is 17.6 Å². The molecule has 0 aliphatic carbocycles. The summed E-state index contributed by atoms with van der Waals surface area (Å²) in [4.78, 5) is 24.6. The second-order valence-electron chi connectivity index (χ2n) is 8.55. The molecule has 164 valence electrons. The molecule has 2 aliphatic heterocycles. The normalized spacial score (nSPS) is 20.9. The van der Waals surface area contributed by atoms with Gasteiger partial charge in [0.2, 0.25) is 0 Å². The zero-order valence-electron chi connectivity index (χ0n) is 18.2. The molecule has 0 aromatic carbocycles. The van der Waals surface area contributed by atoms with Crippen LogP contribution in [0.5, 0.6) is 0 Å². The topological polar surface area (TPSA) is 73.6 Å². The highest BCUT2D eigenvalue weighted by atomic mass is 16.5. The van der Waals surface area contributed by atoms with Crippen LogP contribution in [-0.2, 0) is 27.4 Å². The predicted octanol–water partition coefficient (Wildman–Crippen LogP) is 2.48. The lowest BCUT2D eigenvalue weighted by molar-refractivity contribution is -0.121. The SMILES string of the molecule is CC(C(=O)C(C)c1cc(CN2CCOCC2)c[nH]1)c1cc(CN2CCOCC2)c[nH]1. The Hall–Kier alpha value is -1.93. The highest BCUT2D eigenvalue weighted by Crippen LogP contribution is 2.26. The highest BCUT2D eigenvalue weighted by Gasteiger charge is 2.25. The van der Waals surface area contributed by atoms with Crippen LogP contribution < -0.4 is 0 Å². The zero-order valence-corrected chi connectivity index (χ0v) is 18.2. The highest BCUT2D eigenvalue weighted by molar-refractivity contribution is 5.90. The number of morpholine rings is 2. The van der Waals surface area contributed by atoms with E-state index in [4.69, 9.17) is 9.47 Å². The van der Waals surface area contributed by atoms with E-state index in [0.29, 0.717) is 0 Å². The molecule has 0 bridgehead atoms. The summed E-state index contributed by atoms with van der Waals surface area (Å²) < 4.78 is 10.8. The van der Waals surface area contributed by atoms with Crippen LogP contribution in [0, 0.1) is 0 Å². The van der Waals surface area contributed by atoms with Gasteiger partial charge in [0, 0.05) is 63.1 Å². The van der Waals surface area contributed by atoms with Gasteiger partial charge in [0.25, 0.3) is 0 Å². The molecule has 0 spiro atoms. The molecule has 2 fully saturated rings. The molecule has 4 heterocycles. The first kappa shape index (κ1) is 21.3. The summed E-state index contributed by atoms with van der Waals surface area (Å²) >= 11 is 0. The smallest absolute Gasteiger partial charge is 0.150 e. The number of aromatic nitrogens is 2. The molecule has 2 N–H and O–H groups in total. The number of aromatic amines is 2. The molecular weight excluding hydrogens is 380 g/mol. The summed E-state index contributed by atoms with van der Waals surface area (Å²) in [6, 6.07) is 4.28. The largest absolute Gasteiger partial charge is 0.379 e. The Labute approximate surface area is 178 Å². The Balaban J connectivity index is 1.34. The average Bonchev–Trinajstić information content (AvgIpc) is 3.43. The first-order valence-corrected chi connectivity index (χ1v) is 11.1. The van der Waals surface area contributed by atoms with Crippen LogP contribution in [0.1, 0.15) is 48.2 Å². The minimum atomic E-state index is -0.163. The third kappa shape index (κ3) is 5.21. The van der Waals surface area contributed by atoms with E-state index in [9.17, 15) is 4.79 Å². The monoisotopic (exact) mass is 414 g/mol. The first-order valence-electron chi connectivity index (χ1n) is 11.1. The van der Waals surface area contributed by atoms with Crippen LogP contribution in [0.25, 0.3) is 0 Å². The van der Waals surface area contributed by atoms with Crippen molar-refractivity contribution in [2.24, 2.45) is 0 Å². The third-order valence-corrected chi connectivity index (χ3v) is 6.34. The van der Waals surface area contributed by atoms with Gasteiger partial charge in [0.1, 0.15) is 5.78 Å². The third-order valence-electron chi connectivity index (χ3n) is 6.34. The molecule has 0 amide bonds. The van der Waals surface area contributed by atoms with Crippen LogP contribution in [0.4, 0.5) is 0 Å². The molecule has 2 saturated heterocycles. The number of rotatable bonds is 8. The van der Waals surface area contributed by atoms with Crippen molar-refractivity contribution in [3.63, 3.8) is 0 Å². The van der Waals surface area contributed by atoms with Crippen LogP contribution >= 0.6 is 0 Å². The van der Waals surface area contributed by atoms with Gasteiger partial charge in [-0.2, -0.15) is 0 Å². The van der Waals surface area contributed by atoms with Crippen molar-refractivity contribution in [1.82, 2.24) is 19.8 Å². The number of Topliss-reactive ketones (excluding diaryl/α,β-unsaturated/α-hetero) is 1. The van der Waals surface area contributed by atoms with Gasteiger partial charge in [-0.3, -0.25) is 14.6 Å². The van der Waals surface area contributed by atoms with E-state index in [1.165, 1.54) is 11.1 Å². The van der Waals surface area contributed by atoms with Gasteiger partial charge in [0.15, 0.2) is 0 Å². The number of ether oxygens (including phenoxy) is 2. The van der Waals surface area contributed by atoms with Crippen molar-refractivity contribution in [3.05, 3.63) is 47.0 Å². The van der Waals surface area contributed by atoms with Gasteiger partial charge in [-0.15, -0.1) is 0 Å². The number of carbonyl (C=O) groups excluding carboxylic acids is 1. The summed E-state index contributed by atoms with van der Waals surface area (Å²) in [7, 11) is 0. The molecule has 30 heavy (non-hydrogen) atoms. The number of ketones is 1. The van der Waals surface area contributed by atoms with Gasteiger partial charge in [0.05, 0.1) is 38.3 Å². The Morgan fingerprint density at radius 2 is 1.23 bits per heavy atom. The maximum absolute atomic E-state index is 13.1. The fourth-order valence-electron chi connectivity index (χ4n) is 4.32. The maximum atomic E-state index is 13.1. The summed E-state index contributed by atoms with van der Waals surface area (Å²) in [6.07, 6.45) is 4.07. The van der Waals surface area contributed by atoms with Crippen molar-refractivity contribution >= 4 is 5.78 Å². The molecule has 0 radical (unpaired) electrons. The van der Waals surface area contributed by atoms with E-state index in [1.54, 1.807) is 0 Å². The van der Waals surface area contributed by atoms with Crippen molar-refractivity contribution < 1.29 is 14.3 Å². The fourth-order valence-corrected chi connectivity index (χ4v) is 4.32. The average molecular weight is 415 g/mol. The second kappa shape index (κ2) is 9.92. The Bertz CT molecular complexity index is 752. The van der Waals surface area contributed by atoms with Crippen LogP contribution in [-0.4, -0.2) is 78.2 Å². The molecule has 2 atom stereocenters. The molecule has 0 saturated carbocycles. The van der Waals surface area contributed by atoms with E-state index in [1.807, 2.05) is 26.2 Å². The van der Waals surface area contributed by atoms with Gasteiger partial charge >= 0.3 is 0 Å². The number of hydrogen-bond acceptors (Lipinski definition) is 5. The van der Waals surface area contributed by atoms with Crippen LogP contribution in [0.2, 0.25) is 0 Å². The van der Waals surface area contributed by atoms with Crippen LogP contribution in [0.3, 0.4) is 0 Å². The summed E-state index contributed by atoms with van der Waals surface area (Å²) in [5, 5.41) is 0. The number of nitrogens with zero attached hydrogens (tertiary/aromatic N) is 2. The van der Waals surface area contributed by atoms with E-state index in [0.717, 1.165) is 77.1 Å². The molecule has 2 aromatic heterocycles. The van der Waals surface area contributed by atoms with E-state index >= 15 is 0 Å². The van der Waals surface area contributed by atoms with Gasteiger partial charge in [-0.1, -0.05) is 0 Å². The summed E-state index contributed by atoms with van der Waals surface area (Å²) in [6.45, 7) is 12.9. The maximum Gasteiger partial charge on any atom is 0.150 e. The van der Waals surface area contributed by atoms with Crippen molar-refractivity contribution in [3.8, 4) is 0 Å². The fraction of sp³-hybridized carbons (Fsp3) is 0.609. The number of nitrogens with one attached hydrogen (secondary N) is 2. The number of carbonyl (C=O) groups is 1. The van der Waals surface area contributed by atoms with Gasteiger partial charge in [-0.05, 0) is 37.1 Å². The molecule has 2 aromatic rings. The Kier molecular flexibility index (Phi) is 7.04. The molecule has 2 unspecified atom stereocenters. The van der Waals surface area contributed by atoms with E-state index < -0.39 is 0 Å². The Morgan fingerprint density at radius 1 is 0.833 bits per heavy atom. The van der Waals surface area contributed by atoms with Crippen LogP contribution in [0.15, 0.2) is 24.5 Å². The lowest BCUT2D eigenvalue weighted by atomic mass is 9.90. The Morgan fingerprint density at radius 3 is 1.63 bits per heavy atom. The first-order chi connectivity index (χ1) is 14.6. The van der Waals surface area contributed by atoms with Crippen molar-refractivity contribution in [2.45, 2.75) is 38.8 Å². The second-order valence-corrected chi connectivity index (χ2v) is 8.55. The van der Waals surface area contributed by atoms with E-state index in [2.05, 4.69) is 31.9 Å². The number of hydrogen-bond donors (Lipinski definition) is 2. The van der Waals surface area contributed by atoms with Crippen molar-refractivity contribution in [2.75, 3.05) is 52.6 Å². The zero-order chi connectivity index (χ0) is 20.9. The molecule has 7 heteroatoms. The summed E-state index contributed by atoms with van der Waals surface area (Å²) in [5.41, 5.74) is 4.45. The standard InChI is InChI=1S/C23H34N4O3/c1-17(21-11-19(13-24-21)15-26-3-7-29-8-4-26)23(28)18(2)22-12-20(14-25-22)16-27-5-9-30-10-6-27/h11-14,17-18,24-25H,3-10,15-16H2,1-2H3. The molecule has 7 nitrogen and oxygen atoms in total. The molecular formula is C23H34N4O3. The summed E-state index contributed by atoms with van der Waals surface area (Å²) in [5.74, 6) is -0.0941. The molecule has 4 rings (SSSR count). The quantitative estimate of drug-likeness (QED) is 0.694. The molecule has 2 aliphatic rings. The lowest BCUT2D eigenvalue weighted by Crippen LogP contribution is -2.35. The van der Waals surface area contributed by atoms with Gasteiger partial charge in [-0.25, -0.2) is 0 Å². The lowest BCUT2D eigenvalue weighted by Gasteiger charge is -2.26. The minimum Gasteiger partial charge on any atom is -0.379 e.